The molecule has 1 aromatic carbocycles. The van der Waals surface area contributed by atoms with Crippen LogP contribution < -0.4 is 10.6 Å². The fourth-order valence-electron chi connectivity index (χ4n) is 4.65. The molecular formula is C24H26FN5. The van der Waals surface area contributed by atoms with E-state index in [1.165, 1.54) is 17.0 Å². The van der Waals surface area contributed by atoms with Crippen molar-refractivity contribution in [3.8, 4) is 0 Å². The van der Waals surface area contributed by atoms with Crippen LogP contribution >= 0.6 is 0 Å². The summed E-state index contributed by atoms with van der Waals surface area (Å²) in [5, 5.41) is 9.46. The second kappa shape index (κ2) is 7.69. The number of benzene rings is 1. The van der Waals surface area contributed by atoms with Crippen molar-refractivity contribution in [1.29, 1.82) is 0 Å². The molecule has 5 rings (SSSR count). The van der Waals surface area contributed by atoms with E-state index >= 15 is 0 Å². The van der Waals surface area contributed by atoms with E-state index in [-0.39, 0.29) is 5.82 Å². The molecule has 3 aromatic heterocycles. The second-order valence-electron chi connectivity index (χ2n) is 8.38. The number of fused-ring (bicyclic) bond motifs is 2. The Morgan fingerprint density at radius 1 is 1.13 bits per heavy atom. The lowest BCUT2D eigenvalue weighted by molar-refractivity contribution is 0.521. The van der Waals surface area contributed by atoms with Gasteiger partial charge in [0, 0.05) is 48.8 Å². The van der Waals surface area contributed by atoms with Crippen molar-refractivity contribution in [2.75, 3.05) is 5.32 Å². The van der Waals surface area contributed by atoms with E-state index in [1.807, 2.05) is 25.4 Å². The van der Waals surface area contributed by atoms with Crippen molar-refractivity contribution in [2.24, 2.45) is 7.05 Å². The van der Waals surface area contributed by atoms with Gasteiger partial charge in [-0.2, -0.15) is 0 Å². The van der Waals surface area contributed by atoms with Gasteiger partial charge in [-0.05, 0) is 67.6 Å². The third-order valence-electron chi connectivity index (χ3n) is 6.22. The van der Waals surface area contributed by atoms with Gasteiger partial charge in [-0.1, -0.05) is 0 Å². The molecule has 154 valence electrons. The highest BCUT2D eigenvalue weighted by Crippen LogP contribution is 2.27. The van der Waals surface area contributed by atoms with Gasteiger partial charge in [-0.3, -0.25) is 4.98 Å². The third-order valence-corrected chi connectivity index (χ3v) is 6.22. The van der Waals surface area contributed by atoms with Crippen LogP contribution in [-0.4, -0.2) is 26.6 Å². The summed E-state index contributed by atoms with van der Waals surface area (Å²) in [5.41, 5.74) is 4.35. The maximum Gasteiger partial charge on any atom is 0.127 e. The number of aryl methyl sites for hydroxylation is 2. The summed E-state index contributed by atoms with van der Waals surface area (Å²) < 4.78 is 15.7. The van der Waals surface area contributed by atoms with Gasteiger partial charge >= 0.3 is 0 Å². The van der Waals surface area contributed by atoms with Crippen LogP contribution in [0.25, 0.3) is 21.8 Å². The number of halogens is 1. The maximum atomic E-state index is 13.5. The molecule has 1 aliphatic rings. The number of nitrogens with zero attached hydrogens (tertiary/aromatic N) is 3. The molecule has 0 bridgehead atoms. The van der Waals surface area contributed by atoms with Gasteiger partial charge in [0.2, 0.25) is 0 Å². The SMILES string of the molecule is Cc1cc(N[C@H]2CC[C@H](NCc3cn(C)c4cnccc34)C2)nc2ccc(F)cc12. The highest BCUT2D eigenvalue weighted by molar-refractivity contribution is 5.84. The number of nitrogens with one attached hydrogen (secondary N) is 2. The molecule has 6 heteroatoms. The predicted octanol–water partition coefficient (Wildman–Crippen LogP) is 4.69. The normalized spacial score (nSPS) is 19.0. The van der Waals surface area contributed by atoms with E-state index in [1.54, 1.807) is 12.1 Å². The van der Waals surface area contributed by atoms with Crippen molar-refractivity contribution in [3.05, 3.63) is 65.9 Å². The topological polar surface area (TPSA) is 54.8 Å². The first-order valence-corrected chi connectivity index (χ1v) is 10.5. The summed E-state index contributed by atoms with van der Waals surface area (Å²) in [5.74, 6) is 0.652. The number of aromatic nitrogens is 3. The van der Waals surface area contributed by atoms with Crippen LogP contribution in [0.4, 0.5) is 10.2 Å². The summed E-state index contributed by atoms with van der Waals surface area (Å²) >= 11 is 0. The van der Waals surface area contributed by atoms with Crippen molar-refractivity contribution in [2.45, 2.75) is 44.8 Å². The first kappa shape index (κ1) is 19.0. The Bertz CT molecular complexity index is 1220. The lowest BCUT2D eigenvalue weighted by Crippen LogP contribution is -2.27. The van der Waals surface area contributed by atoms with Crippen molar-refractivity contribution >= 4 is 27.6 Å². The molecule has 0 amide bonds. The fraction of sp³-hybridized carbons (Fsp3) is 0.333. The van der Waals surface area contributed by atoms with E-state index in [2.05, 4.69) is 44.5 Å². The molecule has 2 atom stereocenters. The Kier molecular flexibility index (Phi) is 4.87. The standard InChI is InChI=1S/C24H26FN5/c1-15-9-24(29-22-6-3-17(25)10-21(15)22)28-19-5-4-18(11-19)27-12-16-14-30(2)23-13-26-8-7-20(16)23/h3,6-10,13-14,18-19,27H,4-5,11-12H2,1-2H3,(H,28,29)/t18-,19-/m0/s1. The zero-order valence-electron chi connectivity index (χ0n) is 17.3. The number of rotatable bonds is 5. The lowest BCUT2D eigenvalue weighted by atomic mass is 10.1. The Morgan fingerprint density at radius 3 is 2.90 bits per heavy atom. The summed E-state index contributed by atoms with van der Waals surface area (Å²) in [7, 11) is 2.07. The Morgan fingerprint density at radius 2 is 2.00 bits per heavy atom. The first-order valence-electron chi connectivity index (χ1n) is 10.5. The molecule has 5 nitrogen and oxygen atoms in total. The molecule has 0 spiro atoms. The molecular weight excluding hydrogens is 377 g/mol. The molecule has 2 N–H and O–H groups in total. The Balaban J connectivity index is 1.23. The summed E-state index contributed by atoms with van der Waals surface area (Å²) in [4.78, 5) is 8.92. The molecule has 0 unspecified atom stereocenters. The number of pyridine rings is 2. The lowest BCUT2D eigenvalue weighted by Gasteiger charge is -2.16. The summed E-state index contributed by atoms with van der Waals surface area (Å²) in [6.07, 6.45) is 9.28. The van der Waals surface area contributed by atoms with Gasteiger partial charge in [0.25, 0.3) is 0 Å². The molecule has 0 aliphatic heterocycles. The first-order chi connectivity index (χ1) is 14.6. The quantitative estimate of drug-likeness (QED) is 0.508. The molecule has 0 radical (unpaired) electrons. The van der Waals surface area contributed by atoms with Crippen LogP contribution in [-0.2, 0) is 13.6 Å². The van der Waals surface area contributed by atoms with E-state index in [4.69, 9.17) is 0 Å². The largest absolute Gasteiger partial charge is 0.367 e. The van der Waals surface area contributed by atoms with Crippen LogP contribution in [0, 0.1) is 12.7 Å². The van der Waals surface area contributed by atoms with Crippen molar-refractivity contribution in [1.82, 2.24) is 19.9 Å². The van der Waals surface area contributed by atoms with Crippen LogP contribution in [0.1, 0.15) is 30.4 Å². The van der Waals surface area contributed by atoms with Gasteiger partial charge < -0.3 is 15.2 Å². The van der Waals surface area contributed by atoms with Gasteiger partial charge in [0.1, 0.15) is 11.6 Å². The second-order valence-corrected chi connectivity index (χ2v) is 8.38. The number of hydrogen-bond donors (Lipinski definition) is 2. The molecule has 1 aliphatic carbocycles. The fourth-order valence-corrected chi connectivity index (χ4v) is 4.65. The monoisotopic (exact) mass is 403 g/mol. The Hall–Kier alpha value is -2.99. The Labute approximate surface area is 175 Å². The molecule has 1 fully saturated rings. The molecule has 3 heterocycles. The average Bonchev–Trinajstić information content (AvgIpc) is 3.31. The third kappa shape index (κ3) is 3.63. The zero-order chi connectivity index (χ0) is 20.7. The average molecular weight is 404 g/mol. The van der Waals surface area contributed by atoms with Gasteiger partial charge in [0.05, 0.1) is 17.2 Å². The van der Waals surface area contributed by atoms with E-state index in [0.29, 0.717) is 12.1 Å². The molecule has 30 heavy (non-hydrogen) atoms. The van der Waals surface area contributed by atoms with Crippen LogP contribution in [0.3, 0.4) is 0 Å². The van der Waals surface area contributed by atoms with Crippen LogP contribution in [0.5, 0.6) is 0 Å². The summed E-state index contributed by atoms with van der Waals surface area (Å²) in [6.45, 7) is 2.87. The van der Waals surface area contributed by atoms with E-state index in [9.17, 15) is 4.39 Å². The van der Waals surface area contributed by atoms with Gasteiger partial charge in [-0.25, -0.2) is 9.37 Å². The minimum atomic E-state index is -0.222. The van der Waals surface area contributed by atoms with Gasteiger partial charge in [0.15, 0.2) is 0 Å². The minimum Gasteiger partial charge on any atom is -0.367 e. The number of anilines is 1. The smallest absolute Gasteiger partial charge is 0.127 e. The van der Waals surface area contributed by atoms with Crippen LogP contribution in [0.2, 0.25) is 0 Å². The number of hydrogen-bond acceptors (Lipinski definition) is 4. The predicted molar refractivity (Wildman–Crippen MR) is 119 cm³/mol. The molecule has 1 saturated carbocycles. The highest BCUT2D eigenvalue weighted by atomic mass is 19.1. The minimum absolute atomic E-state index is 0.222. The summed E-state index contributed by atoms with van der Waals surface area (Å²) in [6, 6.07) is 9.76. The van der Waals surface area contributed by atoms with E-state index in [0.717, 1.165) is 53.6 Å². The van der Waals surface area contributed by atoms with Crippen molar-refractivity contribution < 1.29 is 4.39 Å². The molecule has 4 aromatic rings. The maximum absolute atomic E-state index is 13.5. The van der Waals surface area contributed by atoms with E-state index < -0.39 is 0 Å². The van der Waals surface area contributed by atoms with Crippen molar-refractivity contribution in [3.63, 3.8) is 0 Å². The molecule has 0 saturated heterocycles. The zero-order valence-corrected chi connectivity index (χ0v) is 17.3. The van der Waals surface area contributed by atoms with Gasteiger partial charge in [-0.15, -0.1) is 0 Å². The highest BCUT2D eigenvalue weighted by Gasteiger charge is 2.25. The van der Waals surface area contributed by atoms with Crippen LogP contribution in [0.15, 0.2) is 48.9 Å².